The van der Waals surface area contributed by atoms with E-state index in [1.165, 1.54) is 25.3 Å². The molecular formula is C26H38FNO3SSi. The van der Waals surface area contributed by atoms with Crippen LogP contribution < -0.4 is 9.30 Å². The molecule has 1 heterocycles. The van der Waals surface area contributed by atoms with Gasteiger partial charge in [0.2, 0.25) is 9.84 Å². The van der Waals surface area contributed by atoms with Gasteiger partial charge in [0, 0.05) is 17.6 Å². The molecule has 0 aliphatic carbocycles. The summed E-state index contributed by atoms with van der Waals surface area (Å²) in [5.41, 5.74) is 2.86. The Hall–Kier alpha value is -1.86. The van der Waals surface area contributed by atoms with Crippen LogP contribution in [-0.2, 0) is 15.3 Å². The van der Waals surface area contributed by atoms with Gasteiger partial charge in [-0.05, 0) is 58.6 Å². The summed E-state index contributed by atoms with van der Waals surface area (Å²) >= 11 is 0. The molecule has 33 heavy (non-hydrogen) atoms. The Morgan fingerprint density at radius 2 is 1.48 bits per heavy atom. The predicted molar refractivity (Wildman–Crippen MR) is 136 cm³/mol. The molecule has 2 aromatic carbocycles. The zero-order valence-electron chi connectivity index (χ0n) is 21.4. The molecule has 0 unspecified atom stereocenters. The van der Waals surface area contributed by atoms with E-state index in [0.29, 0.717) is 22.4 Å². The Morgan fingerprint density at radius 1 is 0.970 bits per heavy atom. The molecule has 1 aliphatic rings. The fourth-order valence-electron chi connectivity index (χ4n) is 6.24. The number of methoxy groups -OCH3 is 1. The number of halogens is 1. The molecule has 0 bridgehead atoms. The smallest absolute Gasteiger partial charge is 0.209 e. The first-order valence-corrected chi connectivity index (χ1v) is 15.4. The number of fused-ring (bicyclic) bond motifs is 1. The van der Waals surface area contributed by atoms with Gasteiger partial charge in [-0.1, -0.05) is 55.4 Å². The lowest BCUT2D eigenvalue weighted by Gasteiger charge is -2.51. The molecule has 0 aromatic heterocycles. The number of benzene rings is 2. The molecule has 4 nitrogen and oxygen atoms in total. The van der Waals surface area contributed by atoms with Gasteiger partial charge in [-0.3, -0.25) is 0 Å². The summed E-state index contributed by atoms with van der Waals surface area (Å²) in [6.45, 7) is 18.8. The summed E-state index contributed by atoms with van der Waals surface area (Å²) < 4.78 is 50.0. The van der Waals surface area contributed by atoms with Crippen LogP contribution in [0.1, 0.15) is 61.0 Å². The van der Waals surface area contributed by atoms with E-state index in [4.69, 9.17) is 4.74 Å². The number of rotatable bonds is 7. The normalized spacial score (nSPS) is 16.1. The lowest BCUT2D eigenvalue weighted by atomic mass is 9.87. The fraction of sp³-hybridized carbons (Fsp3) is 0.538. The van der Waals surface area contributed by atoms with Gasteiger partial charge < -0.3 is 9.30 Å². The summed E-state index contributed by atoms with van der Waals surface area (Å²) in [6.07, 6.45) is 0. The zero-order valence-corrected chi connectivity index (χ0v) is 23.2. The molecule has 0 radical (unpaired) electrons. The monoisotopic (exact) mass is 491 g/mol. The summed E-state index contributed by atoms with van der Waals surface area (Å²) in [7, 11) is -4.63. The Labute approximate surface area is 200 Å². The SMILES string of the molecule is COc1ccc(S(=O)(=O)c2cc3c(cc2F)C(C)(C)CN3[Si](C(C)C)(C(C)C)C(C)C)cc1. The van der Waals surface area contributed by atoms with Gasteiger partial charge in [-0.15, -0.1) is 0 Å². The molecule has 3 rings (SSSR count). The zero-order chi connectivity index (χ0) is 24.9. The van der Waals surface area contributed by atoms with Crippen LogP contribution in [0.3, 0.4) is 0 Å². The second kappa shape index (κ2) is 8.73. The highest BCUT2D eigenvalue weighted by atomic mass is 32.2. The van der Waals surface area contributed by atoms with Crippen molar-refractivity contribution < 1.29 is 17.5 Å². The molecule has 2 aromatic rings. The average Bonchev–Trinajstić information content (AvgIpc) is 2.97. The Bertz CT molecular complexity index is 1100. The van der Waals surface area contributed by atoms with Crippen molar-refractivity contribution in [3.8, 4) is 5.75 Å². The summed E-state index contributed by atoms with van der Waals surface area (Å²) in [4.78, 5) is -0.195. The van der Waals surface area contributed by atoms with Crippen LogP contribution in [-0.4, -0.2) is 30.3 Å². The molecule has 1 aliphatic heterocycles. The van der Waals surface area contributed by atoms with E-state index in [-0.39, 0.29) is 15.2 Å². The molecule has 0 amide bonds. The van der Waals surface area contributed by atoms with Crippen LogP contribution in [0.15, 0.2) is 46.2 Å². The van der Waals surface area contributed by atoms with Crippen molar-refractivity contribution in [2.75, 3.05) is 18.2 Å². The molecule has 7 heteroatoms. The molecule has 0 saturated carbocycles. The van der Waals surface area contributed by atoms with Gasteiger partial charge in [0.25, 0.3) is 0 Å². The highest BCUT2D eigenvalue weighted by Gasteiger charge is 2.53. The van der Waals surface area contributed by atoms with E-state index < -0.39 is 23.9 Å². The number of hydrogen-bond donors (Lipinski definition) is 0. The lowest BCUT2D eigenvalue weighted by molar-refractivity contribution is 0.414. The van der Waals surface area contributed by atoms with Gasteiger partial charge in [0.05, 0.1) is 12.0 Å². The minimum Gasteiger partial charge on any atom is -0.497 e. The molecule has 182 valence electrons. The van der Waals surface area contributed by atoms with Crippen molar-refractivity contribution in [1.29, 1.82) is 0 Å². The van der Waals surface area contributed by atoms with E-state index >= 15 is 4.39 Å². The maximum absolute atomic E-state index is 15.4. The standard InChI is InChI=1S/C26H38FNO3SSi/c1-17(2)33(18(3)4,19(5)6)28-16-26(7,8)22-14-23(27)25(15-24(22)28)32(29,30)21-12-10-20(31-9)11-13-21/h10-15,17-19H,16H2,1-9H3. The summed E-state index contributed by atoms with van der Waals surface area (Å²) in [5.74, 6) is -0.136. The Morgan fingerprint density at radius 3 is 1.94 bits per heavy atom. The maximum atomic E-state index is 15.4. The van der Waals surface area contributed by atoms with Crippen molar-refractivity contribution in [2.45, 2.75) is 87.2 Å². The van der Waals surface area contributed by atoms with E-state index in [9.17, 15) is 8.42 Å². The van der Waals surface area contributed by atoms with Crippen molar-refractivity contribution >= 4 is 23.8 Å². The third-order valence-corrected chi connectivity index (χ3v) is 16.2. The first-order valence-electron chi connectivity index (χ1n) is 11.7. The van der Waals surface area contributed by atoms with Crippen molar-refractivity contribution in [2.24, 2.45) is 0 Å². The molecular weight excluding hydrogens is 453 g/mol. The molecule has 0 atom stereocenters. The topological polar surface area (TPSA) is 46.6 Å². The van der Waals surface area contributed by atoms with Crippen molar-refractivity contribution in [1.82, 2.24) is 0 Å². The van der Waals surface area contributed by atoms with Crippen LogP contribution in [0, 0.1) is 5.82 Å². The van der Waals surface area contributed by atoms with E-state index in [2.05, 4.69) is 60.0 Å². The van der Waals surface area contributed by atoms with Gasteiger partial charge in [-0.25, -0.2) is 12.8 Å². The summed E-state index contributed by atoms with van der Waals surface area (Å²) in [6, 6.07) is 9.18. The minimum atomic E-state index is -4.02. The first-order chi connectivity index (χ1) is 15.2. The largest absolute Gasteiger partial charge is 0.497 e. The van der Waals surface area contributed by atoms with E-state index in [1.807, 2.05) is 0 Å². The van der Waals surface area contributed by atoms with Crippen LogP contribution in [0.25, 0.3) is 0 Å². The maximum Gasteiger partial charge on any atom is 0.209 e. The highest BCUT2D eigenvalue weighted by molar-refractivity contribution is 7.91. The van der Waals surface area contributed by atoms with Gasteiger partial charge in [0.15, 0.2) is 8.24 Å². The van der Waals surface area contributed by atoms with Crippen LogP contribution in [0.2, 0.25) is 16.6 Å². The molecule has 0 fully saturated rings. The fourth-order valence-corrected chi connectivity index (χ4v) is 14.7. The van der Waals surface area contributed by atoms with Crippen LogP contribution in [0.4, 0.5) is 10.1 Å². The first kappa shape index (κ1) is 25.8. The Kier molecular flexibility index (Phi) is 6.81. The second-order valence-electron chi connectivity index (χ2n) is 10.8. The predicted octanol–water partition coefficient (Wildman–Crippen LogP) is 6.94. The van der Waals surface area contributed by atoms with Crippen molar-refractivity contribution in [3.05, 3.63) is 47.8 Å². The molecule has 0 spiro atoms. The van der Waals surface area contributed by atoms with Gasteiger partial charge >= 0.3 is 0 Å². The van der Waals surface area contributed by atoms with Crippen LogP contribution >= 0.6 is 0 Å². The minimum absolute atomic E-state index is 0.0612. The number of ether oxygens (including phenoxy) is 1. The number of hydrogen-bond acceptors (Lipinski definition) is 4. The molecule has 0 saturated heterocycles. The summed E-state index contributed by atoms with van der Waals surface area (Å²) in [5, 5.41) is 0. The quantitative estimate of drug-likeness (QED) is 0.394. The number of sulfone groups is 1. The number of nitrogens with zero attached hydrogens (tertiary/aromatic N) is 1. The number of anilines is 1. The van der Waals surface area contributed by atoms with Crippen molar-refractivity contribution in [3.63, 3.8) is 0 Å². The molecule has 0 N–H and O–H groups in total. The van der Waals surface area contributed by atoms with Crippen LogP contribution in [0.5, 0.6) is 5.75 Å². The van der Waals surface area contributed by atoms with Gasteiger partial charge in [0.1, 0.15) is 16.5 Å². The lowest BCUT2D eigenvalue weighted by Crippen LogP contribution is -2.61. The van der Waals surface area contributed by atoms with E-state index in [1.54, 1.807) is 18.2 Å². The third kappa shape index (κ3) is 4.01. The third-order valence-electron chi connectivity index (χ3n) is 7.52. The van der Waals surface area contributed by atoms with E-state index in [0.717, 1.165) is 17.8 Å². The Balaban J connectivity index is 2.27. The van der Waals surface area contributed by atoms with Gasteiger partial charge in [-0.2, -0.15) is 0 Å². The highest BCUT2D eigenvalue weighted by Crippen LogP contribution is 2.53. The second-order valence-corrected chi connectivity index (χ2v) is 18.5. The average molecular weight is 492 g/mol.